The van der Waals surface area contributed by atoms with Crippen LogP contribution in [0, 0.1) is 6.92 Å². The summed E-state index contributed by atoms with van der Waals surface area (Å²) in [4.78, 5) is 30.1. The molecule has 0 aliphatic rings. The van der Waals surface area contributed by atoms with Crippen LogP contribution in [-0.2, 0) is 0 Å². The van der Waals surface area contributed by atoms with Crippen LogP contribution >= 0.6 is 11.3 Å². The van der Waals surface area contributed by atoms with E-state index in [0.717, 1.165) is 11.1 Å². The number of carbonyl (C=O) groups excluding carboxylic acids is 2. The minimum absolute atomic E-state index is 0.381. The maximum absolute atomic E-state index is 12.8. The number of nitrogens with zero attached hydrogens (tertiary/aromatic N) is 1. The maximum Gasteiger partial charge on any atom is 0.282 e. The van der Waals surface area contributed by atoms with Crippen molar-refractivity contribution < 1.29 is 14.0 Å². The first-order valence-corrected chi connectivity index (χ1v) is 9.71. The van der Waals surface area contributed by atoms with E-state index in [9.17, 15) is 9.59 Å². The van der Waals surface area contributed by atoms with E-state index < -0.39 is 11.8 Å². The van der Waals surface area contributed by atoms with E-state index in [1.807, 2.05) is 49.4 Å². The van der Waals surface area contributed by atoms with E-state index >= 15 is 0 Å². The molecule has 0 saturated heterocycles. The normalized spacial score (nSPS) is 10.5. The van der Waals surface area contributed by atoms with E-state index in [1.54, 1.807) is 30.5 Å². The number of benzene rings is 2. The van der Waals surface area contributed by atoms with E-state index in [1.165, 1.54) is 11.3 Å². The average molecular weight is 403 g/mol. The first-order chi connectivity index (χ1) is 14.1. The summed E-state index contributed by atoms with van der Waals surface area (Å²) >= 11 is 1.20. The summed E-state index contributed by atoms with van der Waals surface area (Å²) in [7, 11) is 0. The predicted octanol–water partition coefficient (Wildman–Crippen LogP) is 4.45. The zero-order valence-electron chi connectivity index (χ0n) is 15.5. The fourth-order valence-electron chi connectivity index (χ4n) is 2.72. The number of hydrazine groups is 1. The summed E-state index contributed by atoms with van der Waals surface area (Å²) < 4.78 is 5.42. The summed E-state index contributed by atoms with van der Waals surface area (Å²) in [5.41, 5.74) is 7.78. The van der Waals surface area contributed by atoms with Crippen LogP contribution in [-0.4, -0.2) is 16.8 Å². The second kappa shape index (κ2) is 8.12. The number of hydrogen-bond donors (Lipinski definition) is 2. The van der Waals surface area contributed by atoms with Gasteiger partial charge >= 0.3 is 0 Å². The highest BCUT2D eigenvalue weighted by Gasteiger charge is 2.21. The molecular weight excluding hydrogens is 386 g/mol. The molecule has 0 saturated carbocycles. The maximum atomic E-state index is 12.8. The Hall–Kier alpha value is -3.71. The van der Waals surface area contributed by atoms with Crippen molar-refractivity contribution in [2.45, 2.75) is 6.92 Å². The number of thiazole rings is 1. The number of hydrogen-bond acceptors (Lipinski definition) is 5. The summed E-state index contributed by atoms with van der Waals surface area (Å²) in [5.74, 6) is -0.259. The lowest BCUT2D eigenvalue weighted by Crippen LogP contribution is -2.41. The Bertz CT molecular complexity index is 1130. The number of carbonyl (C=O) groups is 2. The molecule has 144 valence electrons. The molecule has 0 bridgehead atoms. The Morgan fingerprint density at radius 3 is 2.31 bits per heavy atom. The Labute approximate surface area is 171 Å². The van der Waals surface area contributed by atoms with Crippen LogP contribution in [0.4, 0.5) is 0 Å². The molecule has 2 N–H and O–H groups in total. The third-order valence-electron chi connectivity index (χ3n) is 4.22. The minimum Gasteiger partial charge on any atom is -0.462 e. The quantitative estimate of drug-likeness (QED) is 0.493. The van der Waals surface area contributed by atoms with Crippen LogP contribution in [0.15, 0.2) is 77.4 Å². The summed E-state index contributed by atoms with van der Waals surface area (Å²) in [5, 5.41) is 0.587. The highest BCUT2D eigenvalue weighted by molar-refractivity contribution is 7.17. The molecule has 0 aliphatic heterocycles. The molecule has 4 rings (SSSR count). The summed E-state index contributed by atoms with van der Waals surface area (Å²) in [6.07, 6.45) is 1.56. The van der Waals surface area contributed by atoms with Crippen molar-refractivity contribution in [2.75, 3.05) is 0 Å². The monoisotopic (exact) mass is 403 g/mol. The molecule has 29 heavy (non-hydrogen) atoms. The Kier molecular flexibility index (Phi) is 5.22. The topological polar surface area (TPSA) is 84.2 Å². The number of aryl methyl sites for hydroxylation is 1. The van der Waals surface area contributed by atoms with Crippen LogP contribution in [0.25, 0.3) is 22.0 Å². The Morgan fingerprint density at radius 2 is 1.62 bits per heavy atom. The smallest absolute Gasteiger partial charge is 0.282 e. The molecule has 2 heterocycles. The van der Waals surface area contributed by atoms with Gasteiger partial charge in [-0.2, -0.15) is 0 Å². The first-order valence-electron chi connectivity index (χ1n) is 8.89. The molecule has 4 aromatic rings. The number of furan rings is 1. The molecule has 2 aromatic carbocycles. The highest BCUT2D eigenvalue weighted by Crippen LogP contribution is 2.33. The van der Waals surface area contributed by atoms with Crippen LogP contribution < -0.4 is 10.9 Å². The standard InChI is InChI=1S/C22H17N3O3S/c1-14-9-11-16(12-10-14)20(26)24-25-21(27)19-18(15-6-3-2-4-7-15)23-22(29-19)17-8-5-13-28-17/h2-13H,1H3,(H,24,26)(H,25,27). The van der Waals surface area contributed by atoms with Gasteiger partial charge in [0, 0.05) is 11.1 Å². The fourth-order valence-corrected chi connectivity index (χ4v) is 3.67. The van der Waals surface area contributed by atoms with Gasteiger partial charge in [0.1, 0.15) is 4.88 Å². The molecule has 7 heteroatoms. The lowest BCUT2D eigenvalue weighted by molar-refractivity contribution is 0.0849. The average Bonchev–Trinajstić information content (AvgIpc) is 3.43. The number of amides is 2. The lowest BCUT2D eigenvalue weighted by Gasteiger charge is -2.07. The van der Waals surface area contributed by atoms with Crippen molar-refractivity contribution in [2.24, 2.45) is 0 Å². The van der Waals surface area contributed by atoms with E-state index in [2.05, 4.69) is 15.8 Å². The molecule has 6 nitrogen and oxygen atoms in total. The zero-order valence-corrected chi connectivity index (χ0v) is 16.3. The summed E-state index contributed by atoms with van der Waals surface area (Å²) in [6, 6.07) is 20.0. The van der Waals surface area contributed by atoms with Crippen molar-refractivity contribution in [1.82, 2.24) is 15.8 Å². The van der Waals surface area contributed by atoms with Gasteiger partial charge in [0.2, 0.25) is 0 Å². The van der Waals surface area contributed by atoms with Crippen LogP contribution in [0.3, 0.4) is 0 Å². The number of aromatic nitrogens is 1. The van der Waals surface area contributed by atoms with E-state index in [-0.39, 0.29) is 0 Å². The molecule has 0 spiro atoms. The molecular formula is C22H17N3O3S. The van der Waals surface area contributed by atoms with Crippen molar-refractivity contribution in [3.05, 3.63) is 89.0 Å². The third kappa shape index (κ3) is 4.09. The van der Waals surface area contributed by atoms with Crippen molar-refractivity contribution >= 4 is 23.2 Å². The SMILES string of the molecule is Cc1ccc(C(=O)NNC(=O)c2sc(-c3ccco3)nc2-c2ccccc2)cc1. The van der Waals surface area contributed by atoms with Gasteiger partial charge < -0.3 is 4.42 Å². The summed E-state index contributed by atoms with van der Waals surface area (Å²) in [6.45, 7) is 1.94. The fraction of sp³-hybridized carbons (Fsp3) is 0.0455. The highest BCUT2D eigenvalue weighted by atomic mass is 32.1. The van der Waals surface area contributed by atoms with Gasteiger partial charge in [-0.25, -0.2) is 4.98 Å². The van der Waals surface area contributed by atoms with Crippen LogP contribution in [0.2, 0.25) is 0 Å². The third-order valence-corrected chi connectivity index (χ3v) is 5.28. The van der Waals surface area contributed by atoms with Crippen LogP contribution in [0.1, 0.15) is 25.6 Å². The van der Waals surface area contributed by atoms with Gasteiger partial charge in [-0.05, 0) is 31.2 Å². The van der Waals surface area contributed by atoms with Crippen molar-refractivity contribution in [1.29, 1.82) is 0 Å². The van der Waals surface area contributed by atoms with Gasteiger partial charge in [-0.15, -0.1) is 11.3 Å². The van der Waals surface area contributed by atoms with Gasteiger partial charge in [0.05, 0.1) is 12.0 Å². The molecule has 0 fully saturated rings. The zero-order chi connectivity index (χ0) is 20.2. The van der Waals surface area contributed by atoms with Crippen molar-refractivity contribution in [3.8, 4) is 22.0 Å². The molecule has 2 amide bonds. The molecule has 0 radical (unpaired) electrons. The van der Waals surface area contributed by atoms with Gasteiger partial charge in [-0.1, -0.05) is 48.0 Å². The van der Waals surface area contributed by atoms with Gasteiger partial charge in [-0.3, -0.25) is 20.4 Å². The van der Waals surface area contributed by atoms with E-state index in [0.29, 0.717) is 26.9 Å². The molecule has 0 aliphatic carbocycles. The van der Waals surface area contributed by atoms with Crippen LogP contribution in [0.5, 0.6) is 0 Å². The Balaban J connectivity index is 1.58. The second-order valence-electron chi connectivity index (χ2n) is 6.31. The predicted molar refractivity (Wildman–Crippen MR) is 111 cm³/mol. The van der Waals surface area contributed by atoms with Crippen molar-refractivity contribution in [3.63, 3.8) is 0 Å². The minimum atomic E-state index is -0.445. The van der Waals surface area contributed by atoms with Gasteiger partial charge in [0.15, 0.2) is 10.8 Å². The largest absolute Gasteiger partial charge is 0.462 e. The molecule has 2 aromatic heterocycles. The molecule has 0 atom stereocenters. The second-order valence-corrected chi connectivity index (χ2v) is 7.31. The number of rotatable bonds is 4. The van der Waals surface area contributed by atoms with Gasteiger partial charge in [0.25, 0.3) is 11.8 Å². The van der Waals surface area contributed by atoms with E-state index in [4.69, 9.17) is 4.42 Å². The lowest BCUT2D eigenvalue weighted by atomic mass is 10.1. The Morgan fingerprint density at radius 1 is 0.897 bits per heavy atom. The first kappa shape index (κ1) is 18.6. The molecule has 0 unspecified atom stereocenters. The number of nitrogens with one attached hydrogen (secondary N) is 2.